The lowest BCUT2D eigenvalue weighted by atomic mass is 10.2. The van der Waals surface area contributed by atoms with Crippen molar-refractivity contribution in [2.75, 3.05) is 19.7 Å². The predicted octanol–water partition coefficient (Wildman–Crippen LogP) is 3.55. The van der Waals surface area contributed by atoms with Crippen molar-refractivity contribution in [3.8, 4) is 5.75 Å². The molecule has 0 atom stereocenters. The Labute approximate surface area is 167 Å². The first-order valence-corrected chi connectivity index (χ1v) is 9.71. The summed E-state index contributed by atoms with van der Waals surface area (Å²) in [6, 6.07) is 16.1. The first-order chi connectivity index (χ1) is 13.6. The van der Waals surface area contributed by atoms with Crippen LogP contribution in [-0.4, -0.2) is 41.6 Å². The first kappa shape index (κ1) is 19.7. The highest BCUT2D eigenvalue weighted by molar-refractivity contribution is 8.18. The maximum Gasteiger partial charge on any atom is 0.293 e. The minimum Gasteiger partial charge on any atom is -0.494 e. The molecule has 6 nitrogen and oxygen atoms in total. The van der Waals surface area contributed by atoms with Crippen molar-refractivity contribution in [3.05, 3.63) is 70.6 Å². The van der Waals surface area contributed by atoms with Crippen LogP contribution in [0.25, 0.3) is 6.08 Å². The van der Waals surface area contributed by atoms with Gasteiger partial charge in [-0.05, 0) is 54.6 Å². The maximum atomic E-state index is 12.5. The number of hydrogen-bond donors (Lipinski definition) is 1. The van der Waals surface area contributed by atoms with Gasteiger partial charge in [-0.2, -0.15) is 0 Å². The van der Waals surface area contributed by atoms with E-state index in [0.29, 0.717) is 22.8 Å². The van der Waals surface area contributed by atoms with Crippen molar-refractivity contribution in [1.82, 2.24) is 10.2 Å². The molecule has 7 heteroatoms. The Kier molecular flexibility index (Phi) is 6.49. The normalized spacial score (nSPS) is 15.2. The molecule has 0 aromatic heterocycles. The third-order valence-corrected chi connectivity index (χ3v) is 4.93. The Bertz CT molecular complexity index is 894. The molecule has 1 heterocycles. The van der Waals surface area contributed by atoms with Gasteiger partial charge in [0, 0.05) is 18.7 Å². The van der Waals surface area contributed by atoms with Crippen LogP contribution in [0.3, 0.4) is 0 Å². The van der Waals surface area contributed by atoms with Gasteiger partial charge in [-0.1, -0.05) is 30.3 Å². The molecule has 1 aliphatic heterocycles. The molecule has 0 bridgehead atoms. The fourth-order valence-corrected chi connectivity index (χ4v) is 3.51. The molecule has 1 N–H and O–H groups in total. The Morgan fingerprint density at radius 2 is 1.82 bits per heavy atom. The van der Waals surface area contributed by atoms with E-state index >= 15 is 0 Å². The lowest BCUT2D eigenvalue weighted by Crippen LogP contribution is -2.37. The second-order valence-electron chi connectivity index (χ2n) is 5.96. The monoisotopic (exact) mass is 396 g/mol. The summed E-state index contributed by atoms with van der Waals surface area (Å²) in [7, 11) is 0. The first-order valence-electron chi connectivity index (χ1n) is 8.90. The zero-order valence-electron chi connectivity index (χ0n) is 15.4. The average molecular weight is 396 g/mol. The van der Waals surface area contributed by atoms with Gasteiger partial charge in [-0.25, -0.2) is 0 Å². The largest absolute Gasteiger partial charge is 0.494 e. The lowest BCUT2D eigenvalue weighted by Gasteiger charge is -2.13. The minimum atomic E-state index is -0.339. The van der Waals surface area contributed by atoms with Gasteiger partial charge < -0.3 is 10.1 Å². The number of amides is 3. The molecular weight excluding hydrogens is 376 g/mol. The fraction of sp³-hybridized carbons (Fsp3) is 0.190. The van der Waals surface area contributed by atoms with Crippen molar-refractivity contribution in [2.45, 2.75) is 6.92 Å². The fourth-order valence-electron chi connectivity index (χ4n) is 2.65. The summed E-state index contributed by atoms with van der Waals surface area (Å²) in [6.45, 7) is 2.75. The summed E-state index contributed by atoms with van der Waals surface area (Å²) < 4.78 is 5.34. The van der Waals surface area contributed by atoms with E-state index in [4.69, 9.17) is 4.74 Å². The number of carbonyl (C=O) groups excluding carboxylic acids is 3. The van der Waals surface area contributed by atoms with Crippen LogP contribution in [0, 0.1) is 0 Å². The van der Waals surface area contributed by atoms with Crippen molar-refractivity contribution >= 4 is 34.9 Å². The molecule has 3 amide bonds. The van der Waals surface area contributed by atoms with Gasteiger partial charge in [0.1, 0.15) is 5.75 Å². The standard InChI is InChI=1S/C21H20N2O4S/c1-2-27-17-10-8-16(9-11-17)19(24)22-12-13-23-20(25)18(28-21(23)26)14-15-6-4-3-5-7-15/h3-11,14H,2,12-13H2,1H3,(H,22,24)/b18-14-. The highest BCUT2D eigenvalue weighted by atomic mass is 32.2. The second kappa shape index (κ2) is 9.23. The molecule has 0 unspecified atom stereocenters. The van der Waals surface area contributed by atoms with Crippen LogP contribution in [-0.2, 0) is 4.79 Å². The van der Waals surface area contributed by atoms with Gasteiger partial charge in [-0.3, -0.25) is 19.3 Å². The second-order valence-corrected chi connectivity index (χ2v) is 6.95. The van der Waals surface area contributed by atoms with Crippen molar-refractivity contribution < 1.29 is 19.1 Å². The van der Waals surface area contributed by atoms with Crippen LogP contribution in [0.2, 0.25) is 0 Å². The Morgan fingerprint density at radius 3 is 2.50 bits per heavy atom. The van der Waals surface area contributed by atoms with E-state index in [9.17, 15) is 14.4 Å². The number of hydrogen-bond acceptors (Lipinski definition) is 5. The molecule has 28 heavy (non-hydrogen) atoms. The van der Waals surface area contributed by atoms with Crippen molar-refractivity contribution in [3.63, 3.8) is 0 Å². The number of rotatable bonds is 7. The van der Waals surface area contributed by atoms with Crippen LogP contribution >= 0.6 is 11.8 Å². The van der Waals surface area contributed by atoms with E-state index < -0.39 is 0 Å². The van der Waals surface area contributed by atoms with Crippen molar-refractivity contribution in [1.29, 1.82) is 0 Å². The van der Waals surface area contributed by atoms with Gasteiger partial charge in [0.2, 0.25) is 0 Å². The topological polar surface area (TPSA) is 75.7 Å². The molecule has 0 spiro atoms. The SMILES string of the molecule is CCOc1ccc(C(=O)NCCN2C(=O)S/C(=C\c3ccccc3)C2=O)cc1. The van der Waals surface area contributed by atoms with Crippen LogP contribution in [0.4, 0.5) is 4.79 Å². The summed E-state index contributed by atoms with van der Waals surface area (Å²) in [5, 5.41) is 2.40. The van der Waals surface area contributed by atoms with Crippen LogP contribution in [0.5, 0.6) is 5.75 Å². The molecule has 0 radical (unpaired) electrons. The van der Waals surface area contributed by atoms with Gasteiger partial charge in [0.15, 0.2) is 0 Å². The summed E-state index contributed by atoms with van der Waals surface area (Å²) in [5.74, 6) is 0.0890. The highest BCUT2D eigenvalue weighted by Crippen LogP contribution is 2.31. The van der Waals surface area contributed by atoms with Gasteiger partial charge in [-0.15, -0.1) is 0 Å². The van der Waals surface area contributed by atoms with Crippen LogP contribution in [0.1, 0.15) is 22.8 Å². The van der Waals surface area contributed by atoms with E-state index in [1.54, 1.807) is 30.3 Å². The smallest absolute Gasteiger partial charge is 0.293 e. The molecule has 0 aliphatic carbocycles. The lowest BCUT2D eigenvalue weighted by molar-refractivity contribution is -0.122. The van der Waals surface area contributed by atoms with E-state index in [0.717, 1.165) is 22.2 Å². The number of benzene rings is 2. The molecular formula is C21H20N2O4S. The number of thioether (sulfide) groups is 1. The molecule has 2 aromatic rings. The van der Waals surface area contributed by atoms with E-state index in [-0.39, 0.29) is 30.1 Å². The number of ether oxygens (including phenoxy) is 1. The van der Waals surface area contributed by atoms with Gasteiger partial charge >= 0.3 is 0 Å². The molecule has 0 saturated carbocycles. The minimum absolute atomic E-state index is 0.125. The summed E-state index contributed by atoms with van der Waals surface area (Å²) >= 11 is 0.910. The average Bonchev–Trinajstić information content (AvgIpc) is 2.97. The number of imide groups is 1. The van der Waals surface area contributed by atoms with Gasteiger partial charge in [0.05, 0.1) is 11.5 Å². The third kappa shape index (κ3) is 4.80. The van der Waals surface area contributed by atoms with E-state index in [2.05, 4.69) is 5.32 Å². The zero-order chi connectivity index (χ0) is 19.9. The van der Waals surface area contributed by atoms with Crippen LogP contribution in [0.15, 0.2) is 59.5 Å². The Morgan fingerprint density at radius 1 is 1.11 bits per heavy atom. The summed E-state index contributed by atoms with van der Waals surface area (Å²) in [4.78, 5) is 38.3. The maximum absolute atomic E-state index is 12.5. The zero-order valence-corrected chi connectivity index (χ0v) is 16.2. The molecule has 1 saturated heterocycles. The quantitative estimate of drug-likeness (QED) is 0.725. The molecule has 3 rings (SSSR count). The predicted molar refractivity (Wildman–Crippen MR) is 109 cm³/mol. The highest BCUT2D eigenvalue weighted by Gasteiger charge is 2.34. The number of nitrogens with one attached hydrogen (secondary N) is 1. The Hall–Kier alpha value is -3.06. The van der Waals surface area contributed by atoms with Crippen molar-refractivity contribution in [2.24, 2.45) is 0 Å². The summed E-state index contributed by atoms with van der Waals surface area (Å²) in [5.41, 5.74) is 1.35. The Balaban J connectivity index is 1.54. The van der Waals surface area contributed by atoms with Crippen LogP contribution < -0.4 is 10.1 Å². The third-order valence-electron chi connectivity index (χ3n) is 4.02. The molecule has 2 aromatic carbocycles. The van der Waals surface area contributed by atoms with E-state index in [1.165, 1.54) is 0 Å². The van der Waals surface area contributed by atoms with E-state index in [1.807, 2.05) is 37.3 Å². The molecule has 144 valence electrons. The number of nitrogens with zero attached hydrogens (tertiary/aromatic N) is 1. The van der Waals surface area contributed by atoms with Gasteiger partial charge in [0.25, 0.3) is 17.1 Å². The summed E-state index contributed by atoms with van der Waals surface area (Å²) in [6.07, 6.45) is 1.70. The molecule has 1 aliphatic rings. The number of carbonyl (C=O) groups is 3. The molecule has 1 fully saturated rings.